The fraction of sp³-hybridized carbons (Fsp3) is 0.467. The quantitative estimate of drug-likeness (QED) is 0.781. The van der Waals surface area contributed by atoms with E-state index in [-0.39, 0.29) is 30.1 Å². The van der Waals surface area contributed by atoms with Gasteiger partial charge in [0.15, 0.2) is 0 Å². The van der Waals surface area contributed by atoms with Crippen LogP contribution >= 0.6 is 0 Å². The van der Waals surface area contributed by atoms with E-state index in [4.69, 9.17) is 9.47 Å². The van der Waals surface area contributed by atoms with E-state index < -0.39 is 0 Å². The number of esters is 2. The van der Waals surface area contributed by atoms with Crippen molar-refractivity contribution in [3.63, 3.8) is 0 Å². The summed E-state index contributed by atoms with van der Waals surface area (Å²) in [7, 11) is 2.72. The van der Waals surface area contributed by atoms with Crippen LogP contribution in [0.3, 0.4) is 0 Å². The molecule has 1 aromatic rings. The number of rotatable bonds is 4. The van der Waals surface area contributed by atoms with Crippen LogP contribution in [0.4, 0.5) is 0 Å². The summed E-state index contributed by atoms with van der Waals surface area (Å²) in [6.45, 7) is 1.97. The van der Waals surface area contributed by atoms with Crippen molar-refractivity contribution in [1.82, 2.24) is 4.90 Å². The normalized spacial score (nSPS) is 23.6. The summed E-state index contributed by atoms with van der Waals surface area (Å²) in [6.07, 6.45) is 0.441. The first-order valence-corrected chi connectivity index (χ1v) is 6.58. The van der Waals surface area contributed by atoms with Crippen LogP contribution in [0.15, 0.2) is 30.3 Å². The zero-order valence-electron chi connectivity index (χ0n) is 11.9. The fourth-order valence-corrected chi connectivity index (χ4v) is 2.69. The number of ether oxygens (including phenoxy) is 2. The molecule has 3 atom stereocenters. The van der Waals surface area contributed by atoms with Crippen molar-refractivity contribution in [2.45, 2.75) is 31.5 Å². The Kier molecular flexibility index (Phi) is 4.39. The molecule has 0 aromatic heterocycles. The number of carbonyl (C=O) groups is 2. The minimum Gasteiger partial charge on any atom is -0.468 e. The average Bonchev–Trinajstić information content (AvgIpc) is 2.46. The molecule has 5 heteroatoms. The molecule has 0 N–H and O–H groups in total. The molecule has 1 fully saturated rings. The van der Waals surface area contributed by atoms with Crippen molar-refractivity contribution in [2.75, 3.05) is 14.2 Å². The highest BCUT2D eigenvalue weighted by atomic mass is 16.5. The summed E-state index contributed by atoms with van der Waals surface area (Å²) in [5, 5.41) is 0. The lowest BCUT2D eigenvalue weighted by Gasteiger charge is -2.48. The molecule has 1 heterocycles. The van der Waals surface area contributed by atoms with Gasteiger partial charge in [-0.25, -0.2) is 0 Å². The monoisotopic (exact) mass is 277 g/mol. The molecule has 1 aromatic carbocycles. The molecule has 0 amide bonds. The Morgan fingerprint density at radius 2 is 1.60 bits per heavy atom. The molecule has 2 rings (SSSR count). The molecule has 0 saturated carbocycles. The first-order chi connectivity index (χ1) is 9.60. The molecule has 1 aliphatic heterocycles. The van der Waals surface area contributed by atoms with Crippen LogP contribution in [0.1, 0.15) is 24.9 Å². The first kappa shape index (κ1) is 14.5. The first-order valence-electron chi connectivity index (χ1n) is 6.58. The summed E-state index contributed by atoms with van der Waals surface area (Å²) in [6, 6.07) is 8.92. The molecule has 0 aliphatic carbocycles. The van der Waals surface area contributed by atoms with E-state index in [0.717, 1.165) is 5.56 Å². The SMILES string of the molecule is COC(=O)C1CC(C(=O)OC)N1[C@@H](C)c1ccccc1. The van der Waals surface area contributed by atoms with Crippen molar-refractivity contribution in [3.8, 4) is 0 Å². The maximum absolute atomic E-state index is 11.8. The Bertz CT molecular complexity index is 466. The maximum Gasteiger partial charge on any atom is 0.323 e. The molecular weight excluding hydrogens is 258 g/mol. The molecule has 108 valence electrons. The van der Waals surface area contributed by atoms with Gasteiger partial charge < -0.3 is 9.47 Å². The summed E-state index contributed by atoms with van der Waals surface area (Å²) in [4.78, 5) is 25.4. The van der Waals surface area contributed by atoms with Crippen LogP contribution < -0.4 is 0 Å². The van der Waals surface area contributed by atoms with E-state index in [1.165, 1.54) is 14.2 Å². The van der Waals surface area contributed by atoms with Gasteiger partial charge in [0.1, 0.15) is 12.1 Å². The molecule has 5 nitrogen and oxygen atoms in total. The predicted octanol–water partition coefficient (Wildman–Crippen LogP) is 1.54. The Labute approximate surface area is 118 Å². The van der Waals surface area contributed by atoms with Gasteiger partial charge in [0.05, 0.1) is 14.2 Å². The third kappa shape index (κ3) is 2.54. The number of carbonyl (C=O) groups excluding carboxylic acids is 2. The number of nitrogens with zero attached hydrogens (tertiary/aromatic N) is 1. The molecule has 2 unspecified atom stereocenters. The third-order valence-corrected chi connectivity index (χ3v) is 3.84. The Balaban J connectivity index is 2.22. The van der Waals surface area contributed by atoms with Crippen LogP contribution in [-0.4, -0.2) is 43.1 Å². The average molecular weight is 277 g/mol. The van der Waals surface area contributed by atoms with Crippen molar-refractivity contribution in [1.29, 1.82) is 0 Å². The van der Waals surface area contributed by atoms with Gasteiger partial charge in [0.2, 0.25) is 0 Å². The zero-order chi connectivity index (χ0) is 14.7. The fourth-order valence-electron chi connectivity index (χ4n) is 2.69. The lowest BCUT2D eigenvalue weighted by molar-refractivity contribution is -0.171. The lowest BCUT2D eigenvalue weighted by Crippen LogP contribution is -2.63. The van der Waals surface area contributed by atoms with E-state index in [0.29, 0.717) is 6.42 Å². The predicted molar refractivity (Wildman–Crippen MR) is 72.9 cm³/mol. The molecule has 0 spiro atoms. The van der Waals surface area contributed by atoms with Gasteiger partial charge in [0, 0.05) is 6.04 Å². The van der Waals surface area contributed by atoms with E-state index in [1.807, 2.05) is 42.2 Å². The van der Waals surface area contributed by atoms with Crippen molar-refractivity contribution in [3.05, 3.63) is 35.9 Å². The maximum atomic E-state index is 11.8. The van der Waals surface area contributed by atoms with Gasteiger partial charge in [-0.15, -0.1) is 0 Å². The Hall–Kier alpha value is -1.88. The van der Waals surface area contributed by atoms with Crippen molar-refractivity contribution >= 4 is 11.9 Å². The Morgan fingerprint density at radius 1 is 1.10 bits per heavy atom. The van der Waals surface area contributed by atoms with Crippen molar-refractivity contribution in [2.24, 2.45) is 0 Å². The minimum atomic E-state index is -0.390. The zero-order valence-corrected chi connectivity index (χ0v) is 11.9. The molecule has 0 bridgehead atoms. The second-order valence-electron chi connectivity index (χ2n) is 4.85. The van der Waals surface area contributed by atoms with Crippen LogP contribution in [0.25, 0.3) is 0 Å². The standard InChI is InChI=1S/C15H19NO4/c1-10(11-7-5-4-6-8-11)16-12(14(17)19-2)9-13(16)15(18)20-3/h4-8,10,12-13H,9H2,1-3H3/t10-,12?,13?/m0/s1. The second kappa shape index (κ2) is 6.05. The highest BCUT2D eigenvalue weighted by Crippen LogP contribution is 2.36. The Morgan fingerprint density at radius 3 is 2.05 bits per heavy atom. The molecule has 0 radical (unpaired) electrons. The van der Waals surface area contributed by atoms with E-state index >= 15 is 0 Å². The van der Waals surface area contributed by atoms with Crippen LogP contribution in [-0.2, 0) is 19.1 Å². The van der Waals surface area contributed by atoms with Crippen LogP contribution in [0.2, 0.25) is 0 Å². The smallest absolute Gasteiger partial charge is 0.323 e. The van der Waals surface area contributed by atoms with Crippen molar-refractivity contribution < 1.29 is 19.1 Å². The lowest BCUT2D eigenvalue weighted by atomic mass is 9.88. The second-order valence-corrected chi connectivity index (χ2v) is 4.85. The molecule has 1 aliphatic rings. The number of benzene rings is 1. The summed E-state index contributed by atoms with van der Waals surface area (Å²) < 4.78 is 9.60. The summed E-state index contributed by atoms with van der Waals surface area (Å²) in [5.74, 6) is -0.624. The van der Waals surface area contributed by atoms with Gasteiger partial charge in [-0.2, -0.15) is 0 Å². The topological polar surface area (TPSA) is 55.8 Å². The number of hydrogen-bond donors (Lipinski definition) is 0. The van der Waals surface area contributed by atoms with E-state index in [9.17, 15) is 9.59 Å². The highest BCUT2D eigenvalue weighted by Gasteiger charge is 2.50. The third-order valence-electron chi connectivity index (χ3n) is 3.84. The van der Waals surface area contributed by atoms with Gasteiger partial charge in [-0.05, 0) is 18.9 Å². The highest BCUT2D eigenvalue weighted by molar-refractivity contribution is 5.84. The van der Waals surface area contributed by atoms with E-state index in [2.05, 4.69) is 0 Å². The molecular formula is C15H19NO4. The molecule has 20 heavy (non-hydrogen) atoms. The van der Waals surface area contributed by atoms with E-state index in [1.54, 1.807) is 0 Å². The van der Waals surface area contributed by atoms with Gasteiger partial charge in [-0.1, -0.05) is 30.3 Å². The van der Waals surface area contributed by atoms with Gasteiger partial charge >= 0.3 is 11.9 Å². The summed E-state index contributed by atoms with van der Waals surface area (Å²) >= 11 is 0. The number of likely N-dealkylation sites (tertiary alicyclic amines) is 1. The number of hydrogen-bond acceptors (Lipinski definition) is 5. The van der Waals surface area contributed by atoms with Crippen LogP contribution in [0.5, 0.6) is 0 Å². The largest absolute Gasteiger partial charge is 0.468 e. The van der Waals surface area contributed by atoms with Gasteiger partial charge in [-0.3, -0.25) is 14.5 Å². The number of methoxy groups -OCH3 is 2. The van der Waals surface area contributed by atoms with Gasteiger partial charge in [0.25, 0.3) is 0 Å². The minimum absolute atomic E-state index is 0.0573. The molecule has 1 saturated heterocycles. The summed E-state index contributed by atoms with van der Waals surface area (Å²) in [5.41, 5.74) is 1.05. The van der Waals surface area contributed by atoms with Crippen LogP contribution in [0, 0.1) is 0 Å².